The molecule has 1 N–H and O–H groups in total. The van der Waals surface area contributed by atoms with Gasteiger partial charge in [0.25, 0.3) is 0 Å². The van der Waals surface area contributed by atoms with Gasteiger partial charge in [0.1, 0.15) is 0 Å². The van der Waals surface area contributed by atoms with Crippen LogP contribution in [0.3, 0.4) is 0 Å². The van der Waals surface area contributed by atoms with Crippen molar-refractivity contribution in [3.63, 3.8) is 0 Å². The molecule has 0 aromatic heterocycles. The molecular formula is C13H28N2OS. The average molecular weight is 260 g/mol. The molecule has 1 saturated heterocycles. The minimum Gasteiger partial charge on any atom is -0.377 e. The van der Waals surface area contributed by atoms with Crippen molar-refractivity contribution in [2.24, 2.45) is 0 Å². The van der Waals surface area contributed by atoms with E-state index in [0.717, 1.165) is 26.2 Å². The van der Waals surface area contributed by atoms with E-state index in [4.69, 9.17) is 4.74 Å². The van der Waals surface area contributed by atoms with Gasteiger partial charge in [-0.25, -0.2) is 0 Å². The van der Waals surface area contributed by atoms with Gasteiger partial charge < -0.3 is 15.0 Å². The van der Waals surface area contributed by atoms with Crippen molar-refractivity contribution < 1.29 is 4.74 Å². The quantitative estimate of drug-likeness (QED) is 0.639. The summed E-state index contributed by atoms with van der Waals surface area (Å²) in [5.74, 6) is 1.26. The Morgan fingerprint density at radius 2 is 2.35 bits per heavy atom. The van der Waals surface area contributed by atoms with Gasteiger partial charge >= 0.3 is 0 Å². The average Bonchev–Trinajstić information content (AvgIpc) is 2.84. The highest BCUT2D eigenvalue weighted by molar-refractivity contribution is 7.98. The van der Waals surface area contributed by atoms with Crippen LogP contribution < -0.4 is 5.32 Å². The Labute approximate surface area is 111 Å². The molecule has 0 amide bonds. The second kappa shape index (κ2) is 9.20. The van der Waals surface area contributed by atoms with Gasteiger partial charge in [-0.05, 0) is 45.2 Å². The molecule has 17 heavy (non-hydrogen) atoms. The lowest BCUT2D eigenvalue weighted by Crippen LogP contribution is -2.37. The maximum Gasteiger partial charge on any atom is 0.0700 e. The molecule has 0 aromatic carbocycles. The number of nitrogens with one attached hydrogen (secondary N) is 1. The molecule has 0 aromatic rings. The van der Waals surface area contributed by atoms with Crippen molar-refractivity contribution in [1.29, 1.82) is 0 Å². The zero-order valence-electron chi connectivity index (χ0n) is 11.6. The summed E-state index contributed by atoms with van der Waals surface area (Å²) < 4.78 is 5.58. The zero-order chi connectivity index (χ0) is 12.5. The van der Waals surface area contributed by atoms with Crippen LogP contribution in [0.2, 0.25) is 0 Å². The summed E-state index contributed by atoms with van der Waals surface area (Å²) >= 11 is 1.93. The lowest BCUT2D eigenvalue weighted by molar-refractivity contribution is 0.109. The lowest BCUT2D eigenvalue weighted by atomic mass is 10.2. The molecule has 1 heterocycles. The first kappa shape index (κ1) is 15.3. The van der Waals surface area contributed by atoms with E-state index in [2.05, 4.69) is 30.4 Å². The number of nitrogens with zero attached hydrogens (tertiary/aromatic N) is 1. The summed E-state index contributed by atoms with van der Waals surface area (Å²) in [6, 6.07) is 0.687. The van der Waals surface area contributed by atoms with E-state index in [1.165, 1.54) is 25.0 Å². The minimum atomic E-state index is 0.467. The first-order valence-corrected chi connectivity index (χ1v) is 8.15. The monoisotopic (exact) mass is 260 g/mol. The van der Waals surface area contributed by atoms with Crippen LogP contribution in [0, 0.1) is 0 Å². The number of likely N-dealkylation sites (N-methyl/N-ethyl adjacent to an activating group) is 1. The van der Waals surface area contributed by atoms with Crippen molar-refractivity contribution in [3.05, 3.63) is 0 Å². The minimum absolute atomic E-state index is 0.467. The standard InChI is InChI=1S/C13H28N2OS/c1-12(6-10-17-3)15(2)8-7-14-11-13-5-4-9-16-13/h12-14H,4-11H2,1-3H3. The van der Waals surface area contributed by atoms with Crippen LogP contribution >= 0.6 is 11.8 Å². The van der Waals surface area contributed by atoms with Crippen LogP contribution in [0.1, 0.15) is 26.2 Å². The second-order valence-corrected chi connectivity index (χ2v) is 5.94. The summed E-state index contributed by atoms with van der Waals surface area (Å²) in [7, 11) is 2.22. The number of thioether (sulfide) groups is 1. The maximum absolute atomic E-state index is 5.58. The predicted molar refractivity (Wildman–Crippen MR) is 76.9 cm³/mol. The topological polar surface area (TPSA) is 24.5 Å². The van der Waals surface area contributed by atoms with Gasteiger partial charge in [-0.15, -0.1) is 0 Å². The van der Waals surface area contributed by atoms with Crippen molar-refractivity contribution in [3.8, 4) is 0 Å². The van der Waals surface area contributed by atoms with E-state index < -0.39 is 0 Å². The normalized spacial score (nSPS) is 22.2. The molecule has 102 valence electrons. The maximum atomic E-state index is 5.58. The van der Waals surface area contributed by atoms with E-state index >= 15 is 0 Å². The first-order valence-electron chi connectivity index (χ1n) is 6.75. The third-order valence-electron chi connectivity index (χ3n) is 3.53. The molecule has 0 saturated carbocycles. The van der Waals surface area contributed by atoms with E-state index in [1.807, 2.05) is 11.8 Å². The summed E-state index contributed by atoms with van der Waals surface area (Å²) in [5, 5.41) is 3.50. The summed E-state index contributed by atoms with van der Waals surface area (Å²) in [4.78, 5) is 2.44. The molecule has 0 bridgehead atoms. The molecule has 3 nitrogen and oxygen atoms in total. The van der Waals surface area contributed by atoms with Crippen LogP contribution in [0.5, 0.6) is 0 Å². The Hall–Kier alpha value is 0.230. The van der Waals surface area contributed by atoms with Crippen molar-refractivity contribution in [2.75, 3.05) is 45.3 Å². The summed E-state index contributed by atoms with van der Waals surface area (Å²) in [6.45, 7) is 6.49. The number of hydrogen-bond acceptors (Lipinski definition) is 4. The fraction of sp³-hybridized carbons (Fsp3) is 1.00. The predicted octanol–water partition coefficient (Wildman–Crippen LogP) is 1.83. The highest BCUT2D eigenvalue weighted by Crippen LogP contribution is 2.10. The fourth-order valence-corrected chi connectivity index (χ4v) is 2.63. The van der Waals surface area contributed by atoms with Crippen LogP contribution in [0.15, 0.2) is 0 Å². The molecular weight excluding hydrogens is 232 g/mol. The van der Waals surface area contributed by atoms with E-state index in [1.54, 1.807) is 0 Å². The van der Waals surface area contributed by atoms with E-state index in [9.17, 15) is 0 Å². The summed E-state index contributed by atoms with van der Waals surface area (Å²) in [6.07, 6.45) is 6.39. The highest BCUT2D eigenvalue weighted by Gasteiger charge is 2.14. The highest BCUT2D eigenvalue weighted by atomic mass is 32.2. The Morgan fingerprint density at radius 1 is 1.53 bits per heavy atom. The molecule has 1 fully saturated rings. The molecule has 0 spiro atoms. The first-order chi connectivity index (χ1) is 8.24. The zero-order valence-corrected chi connectivity index (χ0v) is 12.4. The molecule has 0 radical (unpaired) electrons. The van der Waals surface area contributed by atoms with Crippen LogP contribution in [-0.4, -0.2) is 62.3 Å². The van der Waals surface area contributed by atoms with Crippen LogP contribution in [-0.2, 0) is 4.74 Å². The molecule has 1 aliphatic heterocycles. The number of ether oxygens (including phenoxy) is 1. The Kier molecular flexibility index (Phi) is 8.27. The third kappa shape index (κ3) is 6.65. The van der Waals surface area contributed by atoms with Gasteiger partial charge in [0, 0.05) is 32.3 Å². The lowest BCUT2D eigenvalue weighted by Gasteiger charge is -2.24. The Morgan fingerprint density at radius 3 is 3.00 bits per heavy atom. The van der Waals surface area contributed by atoms with Gasteiger partial charge in [0.2, 0.25) is 0 Å². The van der Waals surface area contributed by atoms with Gasteiger partial charge in [-0.2, -0.15) is 11.8 Å². The van der Waals surface area contributed by atoms with Gasteiger partial charge in [0.05, 0.1) is 6.10 Å². The SMILES string of the molecule is CSCCC(C)N(C)CCNCC1CCCO1. The van der Waals surface area contributed by atoms with Crippen molar-refractivity contribution in [1.82, 2.24) is 10.2 Å². The number of rotatable bonds is 9. The Balaban J connectivity index is 1.96. The Bertz CT molecular complexity index is 186. The second-order valence-electron chi connectivity index (χ2n) is 4.95. The molecule has 2 atom stereocenters. The van der Waals surface area contributed by atoms with Crippen molar-refractivity contribution in [2.45, 2.75) is 38.3 Å². The smallest absolute Gasteiger partial charge is 0.0700 e. The molecule has 4 heteroatoms. The fourth-order valence-electron chi connectivity index (χ4n) is 2.05. The van der Waals surface area contributed by atoms with Gasteiger partial charge in [-0.3, -0.25) is 0 Å². The summed E-state index contributed by atoms with van der Waals surface area (Å²) in [5.41, 5.74) is 0. The van der Waals surface area contributed by atoms with E-state index in [0.29, 0.717) is 12.1 Å². The molecule has 0 aliphatic carbocycles. The van der Waals surface area contributed by atoms with Crippen LogP contribution in [0.25, 0.3) is 0 Å². The third-order valence-corrected chi connectivity index (χ3v) is 4.17. The van der Waals surface area contributed by atoms with Crippen LogP contribution in [0.4, 0.5) is 0 Å². The van der Waals surface area contributed by atoms with Gasteiger partial charge in [-0.1, -0.05) is 0 Å². The molecule has 1 aliphatic rings. The largest absolute Gasteiger partial charge is 0.377 e. The molecule has 1 rings (SSSR count). The van der Waals surface area contributed by atoms with Crippen molar-refractivity contribution >= 4 is 11.8 Å². The number of hydrogen-bond donors (Lipinski definition) is 1. The van der Waals surface area contributed by atoms with Gasteiger partial charge in [0.15, 0.2) is 0 Å². The van der Waals surface area contributed by atoms with E-state index in [-0.39, 0.29) is 0 Å². The molecule has 2 unspecified atom stereocenters.